The van der Waals surface area contributed by atoms with Crippen molar-refractivity contribution in [1.82, 2.24) is 25.1 Å². The normalized spacial score (nSPS) is 15.9. The molecule has 9 nitrogen and oxygen atoms in total. The molecule has 0 saturated carbocycles. The lowest BCUT2D eigenvalue weighted by atomic mass is 10.1. The molecule has 0 radical (unpaired) electrons. The number of carbonyl (C=O) groups is 2. The predicted octanol–water partition coefficient (Wildman–Crippen LogP) is 2.27. The average molecular weight is 420 g/mol. The Bertz CT molecular complexity index is 1110. The Kier molecular flexibility index (Phi) is 5.66. The van der Waals surface area contributed by atoms with Gasteiger partial charge in [0.05, 0.1) is 13.0 Å². The Morgan fingerprint density at radius 1 is 1.19 bits per heavy atom. The summed E-state index contributed by atoms with van der Waals surface area (Å²) in [5.74, 6) is 0.562. The number of ether oxygens (including phenoxy) is 1. The van der Waals surface area contributed by atoms with E-state index < -0.39 is 5.92 Å². The van der Waals surface area contributed by atoms with Crippen LogP contribution >= 0.6 is 0 Å². The third-order valence-electron chi connectivity index (χ3n) is 5.38. The maximum atomic E-state index is 12.9. The molecule has 0 spiro atoms. The summed E-state index contributed by atoms with van der Waals surface area (Å²) < 4.78 is 6.93. The molecule has 1 aliphatic rings. The summed E-state index contributed by atoms with van der Waals surface area (Å²) in [7, 11) is 1.56. The van der Waals surface area contributed by atoms with Crippen molar-refractivity contribution in [2.75, 3.05) is 19.0 Å². The lowest BCUT2D eigenvalue weighted by molar-refractivity contribution is -0.128. The van der Waals surface area contributed by atoms with Gasteiger partial charge in [-0.15, -0.1) is 5.10 Å². The first-order chi connectivity index (χ1) is 14.9. The number of nitrogens with zero attached hydrogens (tertiary/aromatic N) is 5. The highest BCUT2D eigenvalue weighted by atomic mass is 16.5. The van der Waals surface area contributed by atoms with Gasteiger partial charge in [-0.25, -0.2) is 0 Å². The van der Waals surface area contributed by atoms with E-state index in [1.54, 1.807) is 37.1 Å². The van der Waals surface area contributed by atoms with Gasteiger partial charge in [-0.2, -0.15) is 4.68 Å². The minimum absolute atomic E-state index is 0.0135. The Morgan fingerprint density at radius 3 is 2.65 bits per heavy atom. The molecule has 4 rings (SSSR count). The van der Waals surface area contributed by atoms with Crippen LogP contribution in [0.15, 0.2) is 42.5 Å². The standard InChI is InChI=1S/C22H24N6O3/c1-14-4-6-16(7-5-14)12-27-13-17(10-21(27)29)22(30)23-18-8-9-20(31-3)19(11-18)28-15(2)24-25-26-28/h4-9,11,17H,10,12-13H2,1-3H3,(H,23,30). The zero-order valence-corrected chi connectivity index (χ0v) is 17.7. The number of nitrogens with one attached hydrogen (secondary N) is 1. The van der Waals surface area contributed by atoms with Gasteiger partial charge in [0.2, 0.25) is 11.8 Å². The van der Waals surface area contributed by atoms with E-state index >= 15 is 0 Å². The van der Waals surface area contributed by atoms with Gasteiger partial charge in [-0.05, 0) is 48.0 Å². The van der Waals surface area contributed by atoms with Crippen LogP contribution in [0.25, 0.3) is 5.69 Å². The number of carbonyl (C=O) groups excluding carboxylic acids is 2. The lowest BCUT2D eigenvalue weighted by Gasteiger charge is -2.17. The van der Waals surface area contributed by atoms with Crippen molar-refractivity contribution < 1.29 is 14.3 Å². The van der Waals surface area contributed by atoms with Crippen LogP contribution in [0.2, 0.25) is 0 Å². The number of methoxy groups -OCH3 is 1. The van der Waals surface area contributed by atoms with Crippen molar-refractivity contribution in [3.05, 3.63) is 59.4 Å². The van der Waals surface area contributed by atoms with Gasteiger partial charge < -0.3 is 15.0 Å². The quantitative estimate of drug-likeness (QED) is 0.656. The number of amides is 2. The second-order valence-corrected chi connectivity index (χ2v) is 7.67. The number of tetrazole rings is 1. The van der Waals surface area contributed by atoms with Gasteiger partial charge in [0.1, 0.15) is 11.4 Å². The van der Waals surface area contributed by atoms with E-state index in [1.165, 1.54) is 10.2 Å². The van der Waals surface area contributed by atoms with Crippen LogP contribution in [0.1, 0.15) is 23.4 Å². The first-order valence-corrected chi connectivity index (χ1v) is 10.0. The fraction of sp³-hybridized carbons (Fsp3) is 0.318. The van der Waals surface area contributed by atoms with E-state index in [-0.39, 0.29) is 18.2 Å². The van der Waals surface area contributed by atoms with Crippen molar-refractivity contribution in [3.63, 3.8) is 0 Å². The molecule has 1 unspecified atom stereocenters. The summed E-state index contributed by atoms with van der Waals surface area (Å²) >= 11 is 0. The van der Waals surface area contributed by atoms with E-state index in [9.17, 15) is 9.59 Å². The topological polar surface area (TPSA) is 102 Å². The molecule has 9 heteroatoms. The molecule has 1 aromatic heterocycles. The van der Waals surface area contributed by atoms with E-state index in [0.717, 1.165) is 5.56 Å². The molecule has 0 aliphatic carbocycles. The summed E-state index contributed by atoms with van der Waals surface area (Å²) in [4.78, 5) is 27.0. The van der Waals surface area contributed by atoms with Gasteiger partial charge in [0, 0.05) is 25.2 Å². The average Bonchev–Trinajstić information content (AvgIpc) is 3.35. The monoisotopic (exact) mass is 420 g/mol. The third kappa shape index (κ3) is 4.40. The first-order valence-electron chi connectivity index (χ1n) is 10.0. The molecule has 3 aromatic rings. The Balaban J connectivity index is 1.45. The highest BCUT2D eigenvalue weighted by Crippen LogP contribution is 2.28. The molecule has 1 aliphatic heterocycles. The predicted molar refractivity (Wildman–Crippen MR) is 114 cm³/mol. The van der Waals surface area contributed by atoms with E-state index in [2.05, 4.69) is 20.8 Å². The van der Waals surface area contributed by atoms with Crippen LogP contribution < -0.4 is 10.1 Å². The fourth-order valence-corrected chi connectivity index (χ4v) is 3.65. The molecule has 1 N–H and O–H groups in total. The Labute approximate surface area is 180 Å². The number of aromatic nitrogens is 4. The number of anilines is 1. The number of benzene rings is 2. The third-order valence-corrected chi connectivity index (χ3v) is 5.38. The smallest absolute Gasteiger partial charge is 0.229 e. The lowest BCUT2D eigenvalue weighted by Crippen LogP contribution is -2.28. The molecule has 0 bridgehead atoms. The van der Waals surface area contributed by atoms with Crippen LogP contribution in [0.4, 0.5) is 5.69 Å². The summed E-state index contributed by atoms with van der Waals surface area (Å²) in [5.41, 5.74) is 3.42. The molecular weight excluding hydrogens is 396 g/mol. The van der Waals surface area contributed by atoms with Gasteiger partial charge in [0.25, 0.3) is 0 Å². The highest BCUT2D eigenvalue weighted by molar-refractivity contribution is 5.97. The van der Waals surface area contributed by atoms with E-state index in [4.69, 9.17) is 4.74 Å². The number of rotatable bonds is 6. The van der Waals surface area contributed by atoms with Crippen LogP contribution in [-0.2, 0) is 16.1 Å². The first kappa shape index (κ1) is 20.5. The second kappa shape index (κ2) is 8.55. The molecule has 31 heavy (non-hydrogen) atoms. The van der Waals surface area contributed by atoms with Crippen molar-refractivity contribution in [3.8, 4) is 11.4 Å². The number of likely N-dealkylation sites (tertiary alicyclic amines) is 1. The molecule has 2 aromatic carbocycles. The van der Waals surface area contributed by atoms with Gasteiger partial charge >= 0.3 is 0 Å². The highest BCUT2D eigenvalue weighted by Gasteiger charge is 2.34. The van der Waals surface area contributed by atoms with Gasteiger partial charge in [-0.3, -0.25) is 9.59 Å². The largest absolute Gasteiger partial charge is 0.494 e. The van der Waals surface area contributed by atoms with Crippen LogP contribution in [0.3, 0.4) is 0 Å². The Morgan fingerprint density at radius 2 is 1.97 bits per heavy atom. The maximum Gasteiger partial charge on any atom is 0.229 e. The second-order valence-electron chi connectivity index (χ2n) is 7.67. The minimum atomic E-state index is -0.404. The SMILES string of the molecule is COc1ccc(NC(=O)C2CC(=O)N(Cc3ccc(C)cc3)C2)cc1-n1nnnc1C. The van der Waals surface area contributed by atoms with Crippen molar-refractivity contribution in [2.24, 2.45) is 5.92 Å². The molecule has 1 atom stereocenters. The van der Waals surface area contributed by atoms with Crippen LogP contribution in [-0.4, -0.2) is 50.6 Å². The molecule has 160 valence electrons. The zero-order valence-electron chi connectivity index (χ0n) is 17.7. The van der Waals surface area contributed by atoms with E-state index in [1.807, 2.05) is 31.2 Å². The minimum Gasteiger partial charge on any atom is -0.494 e. The zero-order chi connectivity index (χ0) is 22.0. The number of hydrogen-bond acceptors (Lipinski definition) is 6. The summed E-state index contributed by atoms with van der Waals surface area (Å²) in [5, 5.41) is 14.4. The number of hydrogen-bond donors (Lipinski definition) is 1. The molecule has 1 saturated heterocycles. The molecule has 1 fully saturated rings. The van der Waals surface area contributed by atoms with Crippen molar-refractivity contribution in [1.29, 1.82) is 0 Å². The van der Waals surface area contributed by atoms with Crippen molar-refractivity contribution in [2.45, 2.75) is 26.8 Å². The van der Waals surface area contributed by atoms with Crippen LogP contribution in [0, 0.1) is 19.8 Å². The van der Waals surface area contributed by atoms with Gasteiger partial charge in [-0.1, -0.05) is 29.8 Å². The van der Waals surface area contributed by atoms with E-state index in [0.29, 0.717) is 36.0 Å². The summed E-state index contributed by atoms with van der Waals surface area (Å²) in [6.45, 7) is 4.70. The van der Waals surface area contributed by atoms with Crippen LogP contribution in [0.5, 0.6) is 5.75 Å². The molecule has 2 heterocycles. The maximum absolute atomic E-state index is 12.9. The summed E-state index contributed by atoms with van der Waals surface area (Å²) in [6, 6.07) is 13.3. The number of aryl methyl sites for hydroxylation is 2. The molecule has 2 amide bonds. The molecular formula is C22H24N6O3. The van der Waals surface area contributed by atoms with Crippen molar-refractivity contribution >= 4 is 17.5 Å². The summed E-state index contributed by atoms with van der Waals surface area (Å²) in [6.07, 6.45) is 0.201. The Hall–Kier alpha value is -3.75. The fourth-order valence-electron chi connectivity index (χ4n) is 3.65. The van der Waals surface area contributed by atoms with Gasteiger partial charge in [0.15, 0.2) is 5.82 Å².